The molecule has 150 valence electrons. The van der Waals surface area contributed by atoms with Crippen molar-refractivity contribution in [2.75, 3.05) is 18.0 Å². The zero-order valence-electron chi connectivity index (χ0n) is 16.1. The molecule has 1 saturated heterocycles. The minimum atomic E-state index is -0.154. The standard InChI is InChI=1S/C21H23N5O2S/c27-16(9-8-14-5-2-1-3-6-14)15-7-4-11-25(15)21-24-18-19(29-21)23-17-13-22-10-12-26(17)20(18)28/h1-3,5-6,15,22H,4,7-13H2/t15-/m1/s1. The van der Waals surface area contributed by atoms with E-state index in [9.17, 15) is 9.59 Å². The predicted molar refractivity (Wildman–Crippen MR) is 114 cm³/mol. The predicted octanol–water partition coefficient (Wildman–Crippen LogP) is 2.13. The van der Waals surface area contributed by atoms with Gasteiger partial charge in [0.05, 0.1) is 12.6 Å². The second kappa shape index (κ2) is 7.68. The normalized spacial score (nSPS) is 18.9. The van der Waals surface area contributed by atoms with Crippen LogP contribution in [0.3, 0.4) is 0 Å². The second-order valence-corrected chi connectivity index (χ2v) is 8.57. The van der Waals surface area contributed by atoms with Gasteiger partial charge in [0.25, 0.3) is 5.56 Å². The third-order valence-corrected chi connectivity index (χ3v) is 6.74. The maximum atomic E-state index is 12.9. The molecule has 1 aromatic carbocycles. The average molecular weight is 410 g/mol. The number of hydrogen-bond donors (Lipinski definition) is 1. The molecule has 2 aliphatic heterocycles. The fourth-order valence-corrected chi connectivity index (χ4v) is 5.25. The molecular formula is C21H23N5O2S. The van der Waals surface area contributed by atoms with Crippen LogP contribution in [0.1, 0.15) is 30.7 Å². The van der Waals surface area contributed by atoms with Gasteiger partial charge in [-0.25, -0.2) is 9.97 Å². The van der Waals surface area contributed by atoms with Crippen molar-refractivity contribution >= 4 is 32.6 Å². The largest absolute Gasteiger partial charge is 0.338 e. The topological polar surface area (TPSA) is 80.1 Å². The smallest absolute Gasteiger partial charge is 0.281 e. The van der Waals surface area contributed by atoms with Crippen molar-refractivity contribution < 1.29 is 4.79 Å². The molecule has 5 rings (SSSR count). The summed E-state index contributed by atoms with van der Waals surface area (Å²) in [4.78, 5) is 37.8. The summed E-state index contributed by atoms with van der Waals surface area (Å²) in [5, 5.41) is 4.00. The van der Waals surface area contributed by atoms with Crippen molar-refractivity contribution in [1.82, 2.24) is 19.9 Å². The number of carbonyl (C=O) groups excluding carboxylic acids is 1. The van der Waals surface area contributed by atoms with Crippen LogP contribution in [0.25, 0.3) is 10.3 Å². The summed E-state index contributed by atoms with van der Waals surface area (Å²) in [7, 11) is 0. The highest BCUT2D eigenvalue weighted by Gasteiger charge is 2.33. The van der Waals surface area contributed by atoms with E-state index >= 15 is 0 Å². The van der Waals surface area contributed by atoms with Crippen LogP contribution in [0.2, 0.25) is 0 Å². The van der Waals surface area contributed by atoms with Crippen molar-refractivity contribution in [1.29, 1.82) is 0 Å². The van der Waals surface area contributed by atoms with Crippen molar-refractivity contribution in [3.8, 4) is 0 Å². The molecule has 0 bridgehead atoms. The lowest BCUT2D eigenvalue weighted by Gasteiger charge is -2.22. The number of benzene rings is 1. The van der Waals surface area contributed by atoms with Gasteiger partial charge in [-0.2, -0.15) is 0 Å². The SMILES string of the molecule is O=C(CCc1ccccc1)[C@H]1CCCN1c1nc2c(=O)n3c(nc2s1)CNCC3. The summed E-state index contributed by atoms with van der Waals surface area (Å²) in [6.07, 6.45) is 3.09. The fraction of sp³-hybridized carbons (Fsp3) is 0.429. The maximum absolute atomic E-state index is 12.9. The maximum Gasteiger partial charge on any atom is 0.281 e. The highest BCUT2D eigenvalue weighted by molar-refractivity contribution is 7.21. The summed E-state index contributed by atoms with van der Waals surface area (Å²) in [6.45, 7) is 2.78. The van der Waals surface area contributed by atoms with Gasteiger partial charge in [-0.05, 0) is 24.8 Å². The summed E-state index contributed by atoms with van der Waals surface area (Å²) in [6, 6.07) is 9.96. The minimum Gasteiger partial charge on any atom is -0.338 e. The van der Waals surface area contributed by atoms with Crippen molar-refractivity contribution in [3.05, 3.63) is 52.1 Å². The first-order chi connectivity index (χ1) is 14.2. The summed E-state index contributed by atoms with van der Waals surface area (Å²) < 4.78 is 1.72. The van der Waals surface area contributed by atoms with E-state index in [4.69, 9.17) is 0 Å². The van der Waals surface area contributed by atoms with Gasteiger partial charge in [0, 0.05) is 26.1 Å². The summed E-state index contributed by atoms with van der Waals surface area (Å²) in [5.74, 6) is 1.01. The van der Waals surface area contributed by atoms with E-state index in [0.29, 0.717) is 29.9 Å². The van der Waals surface area contributed by atoms with Gasteiger partial charge < -0.3 is 10.2 Å². The Morgan fingerprint density at radius 2 is 2.07 bits per heavy atom. The Morgan fingerprint density at radius 3 is 2.93 bits per heavy atom. The van der Waals surface area contributed by atoms with E-state index in [1.165, 1.54) is 16.9 Å². The Hall–Kier alpha value is -2.58. The van der Waals surface area contributed by atoms with E-state index < -0.39 is 0 Å². The number of rotatable bonds is 5. The molecule has 7 nitrogen and oxygen atoms in total. The molecule has 0 radical (unpaired) electrons. The summed E-state index contributed by atoms with van der Waals surface area (Å²) >= 11 is 1.43. The first-order valence-electron chi connectivity index (χ1n) is 10.1. The Kier molecular flexibility index (Phi) is 4.89. The molecule has 29 heavy (non-hydrogen) atoms. The number of nitrogens with zero attached hydrogens (tertiary/aromatic N) is 4. The van der Waals surface area contributed by atoms with Gasteiger partial charge in [0.1, 0.15) is 5.82 Å². The number of anilines is 1. The molecule has 4 heterocycles. The number of aromatic nitrogens is 3. The fourth-order valence-electron chi connectivity index (χ4n) is 4.23. The van der Waals surface area contributed by atoms with E-state index in [1.54, 1.807) is 4.57 Å². The number of nitrogens with one attached hydrogen (secondary N) is 1. The van der Waals surface area contributed by atoms with E-state index in [1.807, 2.05) is 18.2 Å². The van der Waals surface area contributed by atoms with Gasteiger partial charge in [-0.1, -0.05) is 41.7 Å². The lowest BCUT2D eigenvalue weighted by molar-refractivity contribution is -0.120. The Bertz CT molecular complexity index is 1110. The van der Waals surface area contributed by atoms with Gasteiger partial charge in [0.2, 0.25) is 0 Å². The molecule has 0 saturated carbocycles. The molecular weight excluding hydrogens is 386 g/mol. The van der Waals surface area contributed by atoms with Crippen molar-refractivity contribution in [2.45, 2.75) is 44.8 Å². The van der Waals surface area contributed by atoms with E-state index in [0.717, 1.165) is 43.3 Å². The lowest BCUT2D eigenvalue weighted by atomic mass is 10.0. The zero-order chi connectivity index (χ0) is 19.8. The summed E-state index contributed by atoms with van der Waals surface area (Å²) in [5.41, 5.74) is 1.54. The quantitative estimate of drug-likeness (QED) is 0.695. The van der Waals surface area contributed by atoms with Crippen LogP contribution in [0.5, 0.6) is 0 Å². The third kappa shape index (κ3) is 3.47. The van der Waals surface area contributed by atoms with E-state index in [-0.39, 0.29) is 17.4 Å². The second-order valence-electron chi connectivity index (χ2n) is 7.62. The van der Waals surface area contributed by atoms with Crippen LogP contribution in [0.15, 0.2) is 35.1 Å². The molecule has 2 aromatic heterocycles. The number of aryl methyl sites for hydroxylation is 1. The van der Waals surface area contributed by atoms with Crippen molar-refractivity contribution in [2.24, 2.45) is 0 Å². The molecule has 0 spiro atoms. The van der Waals surface area contributed by atoms with Gasteiger partial charge in [0.15, 0.2) is 21.3 Å². The minimum absolute atomic E-state index is 0.0693. The molecule has 1 N–H and O–H groups in total. The van der Waals surface area contributed by atoms with E-state index in [2.05, 4.69) is 32.3 Å². The van der Waals surface area contributed by atoms with Gasteiger partial charge >= 0.3 is 0 Å². The Morgan fingerprint density at radius 1 is 1.21 bits per heavy atom. The molecule has 0 unspecified atom stereocenters. The highest BCUT2D eigenvalue weighted by atomic mass is 32.1. The highest BCUT2D eigenvalue weighted by Crippen LogP contribution is 2.32. The van der Waals surface area contributed by atoms with Crippen molar-refractivity contribution in [3.63, 3.8) is 0 Å². The number of thiazole rings is 1. The monoisotopic (exact) mass is 409 g/mol. The molecule has 2 aliphatic rings. The van der Waals surface area contributed by atoms with Gasteiger partial charge in [-0.3, -0.25) is 14.2 Å². The molecule has 0 aliphatic carbocycles. The molecule has 8 heteroatoms. The third-order valence-electron chi connectivity index (χ3n) is 5.76. The van der Waals surface area contributed by atoms with Crippen LogP contribution in [0, 0.1) is 0 Å². The van der Waals surface area contributed by atoms with Crippen LogP contribution in [-0.4, -0.2) is 39.4 Å². The molecule has 1 atom stereocenters. The number of hydrogen-bond acceptors (Lipinski definition) is 7. The number of Topliss-reactive ketones (excluding diaryl/α,β-unsaturated/α-hetero) is 1. The first kappa shape index (κ1) is 18.4. The molecule has 3 aromatic rings. The zero-order valence-corrected chi connectivity index (χ0v) is 17.0. The van der Waals surface area contributed by atoms with Crippen LogP contribution in [0.4, 0.5) is 5.13 Å². The van der Waals surface area contributed by atoms with Crippen LogP contribution < -0.4 is 15.8 Å². The number of fused-ring (bicyclic) bond motifs is 2. The Labute approximate surface area is 172 Å². The first-order valence-corrected chi connectivity index (χ1v) is 11.0. The van der Waals surface area contributed by atoms with Gasteiger partial charge in [-0.15, -0.1) is 0 Å². The average Bonchev–Trinajstić information content (AvgIpc) is 3.40. The lowest BCUT2D eigenvalue weighted by Crippen LogP contribution is -2.37. The van der Waals surface area contributed by atoms with Crippen LogP contribution >= 0.6 is 11.3 Å². The Balaban J connectivity index is 1.39. The number of carbonyl (C=O) groups is 1. The number of ketones is 1. The molecule has 0 amide bonds. The van der Waals surface area contributed by atoms with Crippen LogP contribution in [-0.2, 0) is 24.3 Å². The molecule has 1 fully saturated rings.